The van der Waals surface area contributed by atoms with Gasteiger partial charge < -0.3 is 10.4 Å². The van der Waals surface area contributed by atoms with E-state index in [0.29, 0.717) is 16.5 Å². The van der Waals surface area contributed by atoms with Crippen LogP contribution in [-0.4, -0.2) is 23.0 Å². The fraction of sp³-hybridized carbons (Fsp3) is 0.500. The van der Waals surface area contributed by atoms with Crippen LogP contribution in [0.2, 0.25) is 10.0 Å². The first-order valence-electron chi connectivity index (χ1n) is 7.46. The predicted octanol–water partition coefficient (Wildman–Crippen LogP) is 3.47. The molecule has 22 heavy (non-hydrogen) atoms. The molecule has 3 rings (SSSR count). The molecule has 0 spiro atoms. The molecule has 1 aromatic rings. The summed E-state index contributed by atoms with van der Waals surface area (Å²) in [6.07, 6.45) is 2.94. The number of carboxylic acid groups (broad SMARTS) is 1. The molecule has 2 unspecified atom stereocenters. The van der Waals surface area contributed by atoms with E-state index < -0.39 is 11.9 Å². The normalized spacial score (nSPS) is 30.1. The number of hydrogen-bond donors (Lipinski definition) is 2. The first kappa shape index (κ1) is 15.6. The lowest BCUT2D eigenvalue weighted by Crippen LogP contribution is -2.41. The molecule has 0 aromatic heterocycles. The van der Waals surface area contributed by atoms with Crippen LogP contribution in [-0.2, 0) is 9.59 Å². The first-order valence-corrected chi connectivity index (χ1v) is 8.21. The highest BCUT2D eigenvalue weighted by atomic mass is 35.5. The predicted molar refractivity (Wildman–Crippen MR) is 84.2 cm³/mol. The highest BCUT2D eigenvalue weighted by Gasteiger charge is 2.46. The number of hydrogen-bond acceptors (Lipinski definition) is 2. The number of benzene rings is 1. The van der Waals surface area contributed by atoms with Crippen molar-refractivity contribution in [3.8, 4) is 0 Å². The molecule has 2 aliphatic rings. The molecule has 0 saturated heterocycles. The maximum atomic E-state index is 12.3. The molecular formula is C16H17Cl2NO3. The van der Waals surface area contributed by atoms with Gasteiger partial charge in [0.1, 0.15) is 0 Å². The standard InChI is InChI=1S/C16H17Cl2NO3/c17-12-5-1-3-8(14(12)18)10-7-11(10)15(20)19-13-6-2-4-9(13)16(21)22/h1,3,5,9-11,13H,2,4,6-7H2,(H,19,20)(H,21,22)/t9-,10?,11?,13+/m1/s1. The third-order valence-electron chi connectivity index (χ3n) is 4.67. The molecule has 2 fully saturated rings. The summed E-state index contributed by atoms with van der Waals surface area (Å²) in [6, 6.07) is 5.19. The number of rotatable bonds is 4. The summed E-state index contributed by atoms with van der Waals surface area (Å²) in [4.78, 5) is 23.5. The van der Waals surface area contributed by atoms with E-state index in [0.717, 1.165) is 24.8 Å². The Morgan fingerprint density at radius 3 is 2.68 bits per heavy atom. The maximum absolute atomic E-state index is 12.3. The van der Waals surface area contributed by atoms with Gasteiger partial charge in [0.05, 0.1) is 16.0 Å². The number of carbonyl (C=O) groups excluding carboxylic acids is 1. The van der Waals surface area contributed by atoms with E-state index in [1.807, 2.05) is 12.1 Å². The van der Waals surface area contributed by atoms with Crippen LogP contribution in [0.1, 0.15) is 37.2 Å². The zero-order valence-corrected chi connectivity index (χ0v) is 13.4. The largest absolute Gasteiger partial charge is 0.481 e. The van der Waals surface area contributed by atoms with Crippen LogP contribution < -0.4 is 5.32 Å². The number of aliphatic carboxylic acids is 1. The van der Waals surface area contributed by atoms with Crippen molar-refractivity contribution in [2.45, 2.75) is 37.6 Å². The van der Waals surface area contributed by atoms with Crippen LogP contribution in [0.5, 0.6) is 0 Å². The van der Waals surface area contributed by atoms with Gasteiger partial charge in [-0.15, -0.1) is 0 Å². The number of carbonyl (C=O) groups is 2. The lowest BCUT2D eigenvalue weighted by atomic mass is 10.0. The van der Waals surface area contributed by atoms with Gasteiger partial charge in [-0.1, -0.05) is 41.8 Å². The Hall–Kier alpha value is -1.26. The van der Waals surface area contributed by atoms with E-state index in [1.54, 1.807) is 6.07 Å². The summed E-state index contributed by atoms with van der Waals surface area (Å²) in [5.74, 6) is -1.41. The SMILES string of the molecule is O=C(N[C@H]1CCC[C@H]1C(=O)O)C1CC1c1cccc(Cl)c1Cl. The smallest absolute Gasteiger partial charge is 0.308 e. The fourth-order valence-electron chi connectivity index (χ4n) is 3.35. The summed E-state index contributed by atoms with van der Waals surface area (Å²) in [5.41, 5.74) is 0.899. The molecule has 0 heterocycles. The van der Waals surface area contributed by atoms with Crippen LogP contribution in [0.4, 0.5) is 0 Å². The van der Waals surface area contributed by atoms with Crippen molar-refractivity contribution < 1.29 is 14.7 Å². The summed E-state index contributed by atoms with van der Waals surface area (Å²) in [7, 11) is 0. The van der Waals surface area contributed by atoms with Gasteiger partial charge in [-0.3, -0.25) is 9.59 Å². The number of carboxylic acids is 1. The maximum Gasteiger partial charge on any atom is 0.308 e. The Morgan fingerprint density at radius 1 is 1.18 bits per heavy atom. The number of halogens is 2. The van der Waals surface area contributed by atoms with Crippen molar-refractivity contribution in [2.24, 2.45) is 11.8 Å². The molecule has 1 amide bonds. The quantitative estimate of drug-likeness (QED) is 0.881. The van der Waals surface area contributed by atoms with Gasteiger partial charge in [-0.25, -0.2) is 0 Å². The summed E-state index contributed by atoms with van der Waals surface area (Å²) in [6.45, 7) is 0. The Balaban J connectivity index is 1.63. The Labute approximate surface area is 138 Å². The van der Waals surface area contributed by atoms with Crippen LogP contribution >= 0.6 is 23.2 Å². The van der Waals surface area contributed by atoms with Gasteiger partial charge in [0.2, 0.25) is 5.91 Å². The van der Waals surface area contributed by atoms with Crippen LogP contribution in [0.15, 0.2) is 18.2 Å². The molecule has 0 radical (unpaired) electrons. The number of nitrogens with one attached hydrogen (secondary N) is 1. The zero-order valence-electron chi connectivity index (χ0n) is 11.9. The highest BCUT2D eigenvalue weighted by molar-refractivity contribution is 6.42. The lowest BCUT2D eigenvalue weighted by molar-refractivity contribution is -0.142. The molecule has 2 saturated carbocycles. The Bertz CT molecular complexity index is 619. The fourth-order valence-corrected chi connectivity index (χ4v) is 3.80. The zero-order chi connectivity index (χ0) is 15.9. The lowest BCUT2D eigenvalue weighted by Gasteiger charge is -2.17. The average Bonchev–Trinajstić information content (AvgIpc) is 3.13. The minimum Gasteiger partial charge on any atom is -0.481 e. The summed E-state index contributed by atoms with van der Waals surface area (Å²) < 4.78 is 0. The molecule has 0 aliphatic heterocycles. The third kappa shape index (κ3) is 2.95. The molecule has 0 bridgehead atoms. The first-order chi connectivity index (χ1) is 10.5. The third-order valence-corrected chi connectivity index (χ3v) is 5.50. The van der Waals surface area contributed by atoms with E-state index in [-0.39, 0.29) is 23.8 Å². The molecule has 1 aromatic carbocycles. The van der Waals surface area contributed by atoms with Crippen LogP contribution in [0, 0.1) is 11.8 Å². The Morgan fingerprint density at radius 2 is 1.95 bits per heavy atom. The monoisotopic (exact) mass is 341 g/mol. The van der Waals surface area contributed by atoms with E-state index in [9.17, 15) is 9.59 Å². The Kier molecular flexibility index (Phi) is 4.33. The minimum atomic E-state index is -0.826. The van der Waals surface area contributed by atoms with Crippen LogP contribution in [0.25, 0.3) is 0 Å². The van der Waals surface area contributed by atoms with E-state index in [4.69, 9.17) is 28.3 Å². The second-order valence-corrected chi connectivity index (χ2v) is 6.87. The summed E-state index contributed by atoms with van der Waals surface area (Å²) in [5, 5.41) is 13.1. The number of amides is 1. The van der Waals surface area contributed by atoms with Crippen molar-refractivity contribution in [3.63, 3.8) is 0 Å². The molecule has 2 aliphatic carbocycles. The average molecular weight is 342 g/mol. The van der Waals surface area contributed by atoms with Gasteiger partial charge in [-0.05, 0) is 36.8 Å². The van der Waals surface area contributed by atoms with Crippen molar-refractivity contribution in [2.75, 3.05) is 0 Å². The second-order valence-electron chi connectivity index (χ2n) is 6.08. The molecule has 118 valence electrons. The van der Waals surface area contributed by atoms with Gasteiger partial charge in [-0.2, -0.15) is 0 Å². The van der Waals surface area contributed by atoms with Gasteiger partial charge in [0, 0.05) is 12.0 Å². The van der Waals surface area contributed by atoms with Crippen molar-refractivity contribution >= 4 is 35.1 Å². The minimum absolute atomic E-state index is 0.0702. The van der Waals surface area contributed by atoms with E-state index >= 15 is 0 Å². The van der Waals surface area contributed by atoms with Crippen LogP contribution in [0.3, 0.4) is 0 Å². The highest BCUT2D eigenvalue weighted by Crippen LogP contribution is 2.50. The molecule has 4 atom stereocenters. The molecular weight excluding hydrogens is 325 g/mol. The van der Waals surface area contributed by atoms with E-state index in [2.05, 4.69) is 5.32 Å². The molecule has 2 N–H and O–H groups in total. The topological polar surface area (TPSA) is 66.4 Å². The second kappa shape index (κ2) is 6.09. The van der Waals surface area contributed by atoms with Gasteiger partial charge >= 0.3 is 5.97 Å². The van der Waals surface area contributed by atoms with E-state index in [1.165, 1.54) is 0 Å². The van der Waals surface area contributed by atoms with Crippen molar-refractivity contribution in [1.29, 1.82) is 0 Å². The summed E-state index contributed by atoms with van der Waals surface area (Å²) >= 11 is 12.2. The van der Waals surface area contributed by atoms with Gasteiger partial charge in [0.15, 0.2) is 0 Å². The molecule has 4 nitrogen and oxygen atoms in total. The van der Waals surface area contributed by atoms with Crippen molar-refractivity contribution in [1.82, 2.24) is 5.32 Å². The molecule has 6 heteroatoms. The van der Waals surface area contributed by atoms with Crippen molar-refractivity contribution in [3.05, 3.63) is 33.8 Å². The van der Waals surface area contributed by atoms with Gasteiger partial charge in [0.25, 0.3) is 0 Å².